The molecule has 2 N–H and O–H groups in total. The van der Waals surface area contributed by atoms with Crippen molar-refractivity contribution < 1.29 is 14.3 Å². The first-order valence-corrected chi connectivity index (χ1v) is 9.92. The molecule has 0 spiro atoms. The number of aromatic nitrogens is 2. The van der Waals surface area contributed by atoms with E-state index in [1.54, 1.807) is 55.3 Å². The van der Waals surface area contributed by atoms with E-state index >= 15 is 0 Å². The van der Waals surface area contributed by atoms with Gasteiger partial charge in [0, 0.05) is 30.1 Å². The Kier molecular flexibility index (Phi) is 5.10. The Morgan fingerprint density at radius 1 is 1.23 bits per heavy atom. The number of benzene rings is 2. The van der Waals surface area contributed by atoms with Gasteiger partial charge in [0.1, 0.15) is 11.3 Å². The van der Waals surface area contributed by atoms with Crippen LogP contribution in [0.15, 0.2) is 58.0 Å². The minimum atomic E-state index is -1.01. The monoisotopic (exact) mass is 417 g/mol. The van der Waals surface area contributed by atoms with Crippen molar-refractivity contribution in [1.82, 2.24) is 9.78 Å². The highest BCUT2D eigenvalue weighted by Gasteiger charge is 2.20. The molecule has 0 bridgehead atoms. The van der Waals surface area contributed by atoms with Crippen molar-refractivity contribution in [1.29, 1.82) is 0 Å². The highest BCUT2D eigenvalue weighted by Crippen LogP contribution is 2.32. The first-order chi connectivity index (χ1) is 14.8. The lowest BCUT2D eigenvalue weighted by atomic mass is 9.99. The molecule has 0 aliphatic carbocycles. The van der Waals surface area contributed by atoms with Gasteiger partial charge in [-0.2, -0.15) is 5.10 Å². The number of aromatic carboxylic acids is 1. The second kappa shape index (κ2) is 7.75. The summed E-state index contributed by atoms with van der Waals surface area (Å²) in [5.41, 5.74) is 4.01. The molecule has 0 fully saturated rings. The summed E-state index contributed by atoms with van der Waals surface area (Å²) < 4.78 is 7.94. The van der Waals surface area contributed by atoms with Gasteiger partial charge in [0.2, 0.25) is 0 Å². The number of anilines is 1. The lowest BCUT2D eigenvalue weighted by Gasteiger charge is -2.19. The predicted octanol–water partition coefficient (Wildman–Crippen LogP) is 4.68. The molecule has 2 aromatic heterocycles. The first kappa shape index (κ1) is 20.4. The van der Waals surface area contributed by atoms with E-state index in [4.69, 9.17) is 4.42 Å². The van der Waals surface area contributed by atoms with Crippen molar-refractivity contribution in [3.05, 3.63) is 81.3 Å². The Morgan fingerprint density at radius 2 is 1.97 bits per heavy atom. The number of carboxylic acids is 1. The normalized spacial score (nSPS) is 12.1. The van der Waals surface area contributed by atoms with Crippen LogP contribution in [0.5, 0.6) is 0 Å². The third kappa shape index (κ3) is 3.70. The van der Waals surface area contributed by atoms with E-state index < -0.39 is 5.97 Å². The molecule has 0 radical (unpaired) electrons. The van der Waals surface area contributed by atoms with Gasteiger partial charge in [-0.15, -0.1) is 0 Å². The largest absolute Gasteiger partial charge is 0.478 e. The van der Waals surface area contributed by atoms with Crippen LogP contribution in [-0.4, -0.2) is 20.9 Å². The van der Waals surface area contributed by atoms with Crippen molar-refractivity contribution in [2.45, 2.75) is 26.8 Å². The quantitative estimate of drug-likeness (QED) is 0.489. The molecule has 4 rings (SSSR count). The van der Waals surface area contributed by atoms with Crippen LogP contribution in [0.2, 0.25) is 0 Å². The van der Waals surface area contributed by atoms with Gasteiger partial charge in [-0.05, 0) is 44.5 Å². The van der Waals surface area contributed by atoms with E-state index in [1.165, 1.54) is 0 Å². The minimum Gasteiger partial charge on any atom is -0.478 e. The van der Waals surface area contributed by atoms with Gasteiger partial charge in [0.25, 0.3) is 0 Å². The Balaban J connectivity index is 1.89. The highest BCUT2D eigenvalue weighted by atomic mass is 16.4. The SMILES string of the molecule is Cc1cc(C(C)Nc2ccccc2C(=O)O)c2oc(-c3cnn(C)c3)c(C)c(=O)c2c1. The molecular weight excluding hydrogens is 394 g/mol. The average molecular weight is 417 g/mol. The molecule has 158 valence electrons. The molecule has 0 amide bonds. The van der Waals surface area contributed by atoms with Crippen LogP contribution in [0.25, 0.3) is 22.3 Å². The van der Waals surface area contributed by atoms with Gasteiger partial charge < -0.3 is 14.8 Å². The van der Waals surface area contributed by atoms with Crippen LogP contribution in [0.4, 0.5) is 5.69 Å². The summed E-state index contributed by atoms with van der Waals surface area (Å²) in [6.07, 6.45) is 3.46. The van der Waals surface area contributed by atoms with E-state index in [-0.39, 0.29) is 17.0 Å². The zero-order valence-electron chi connectivity index (χ0n) is 17.8. The van der Waals surface area contributed by atoms with Crippen LogP contribution >= 0.6 is 0 Å². The number of hydrogen-bond acceptors (Lipinski definition) is 5. The van der Waals surface area contributed by atoms with Gasteiger partial charge in [0.05, 0.1) is 28.8 Å². The topological polar surface area (TPSA) is 97.4 Å². The van der Waals surface area contributed by atoms with Crippen molar-refractivity contribution in [2.24, 2.45) is 7.05 Å². The molecule has 2 aromatic carbocycles. The number of fused-ring (bicyclic) bond motifs is 1. The summed E-state index contributed by atoms with van der Waals surface area (Å²) in [7, 11) is 1.80. The third-order valence-corrected chi connectivity index (χ3v) is 5.35. The van der Waals surface area contributed by atoms with Gasteiger partial charge in [-0.25, -0.2) is 4.79 Å². The number of rotatable bonds is 5. The maximum Gasteiger partial charge on any atom is 0.337 e. The van der Waals surface area contributed by atoms with Crippen LogP contribution in [0, 0.1) is 13.8 Å². The highest BCUT2D eigenvalue weighted by molar-refractivity contribution is 5.94. The van der Waals surface area contributed by atoms with Crippen LogP contribution in [-0.2, 0) is 7.05 Å². The van der Waals surface area contributed by atoms with E-state index in [0.717, 1.165) is 16.7 Å². The second-order valence-electron chi connectivity index (χ2n) is 7.74. The maximum absolute atomic E-state index is 13.2. The number of aryl methyl sites for hydroxylation is 2. The number of nitrogens with one attached hydrogen (secondary N) is 1. The fourth-order valence-electron chi connectivity index (χ4n) is 3.81. The van der Waals surface area contributed by atoms with Gasteiger partial charge >= 0.3 is 5.97 Å². The third-order valence-electron chi connectivity index (χ3n) is 5.35. The molecular formula is C24H23N3O4. The molecule has 1 atom stereocenters. The van der Waals surface area contributed by atoms with Crippen LogP contribution in [0.3, 0.4) is 0 Å². The van der Waals surface area contributed by atoms with Gasteiger partial charge in [-0.1, -0.05) is 18.2 Å². The Morgan fingerprint density at radius 3 is 2.65 bits per heavy atom. The number of carboxylic acid groups (broad SMARTS) is 1. The lowest BCUT2D eigenvalue weighted by Crippen LogP contribution is -2.14. The van der Waals surface area contributed by atoms with E-state index in [1.807, 2.05) is 26.0 Å². The van der Waals surface area contributed by atoms with Crippen LogP contribution < -0.4 is 10.7 Å². The molecule has 4 aromatic rings. The molecule has 1 unspecified atom stereocenters. The zero-order chi connectivity index (χ0) is 22.3. The van der Waals surface area contributed by atoms with Crippen LogP contribution in [0.1, 0.15) is 40.0 Å². The summed E-state index contributed by atoms with van der Waals surface area (Å²) in [5, 5.41) is 17.4. The fourth-order valence-corrected chi connectivity index (χ4v) is 3.81. The minimum absolute atomic E-state index is 0.0943. The Bertz CT molecular complexity index is 1370. The van der Waals surface area contributed by atoms with Crippen molar-refractivity contribution in [2.75, 3.05) is 5.32 Å². The molecule has 0 aliphatic heterocycles. The van der Waals surface area contributed by atoms with Crippen molar-refractivity contribution >= 4 is 22.6 Å². The molecule has 7 heteroatoms. The maximum atomic E-state index is 13.2. The average Bonchev–Trinajstić information content (AvgIpc) is 3.16. The second-order valence-corrected chi connectivity index (χ2v) is 7.74. The lowest BCUT2D eigenvalue weighted by molar-refractivity contribution is 0.0698. The van der Waals surface area contributed by atoms with E-state index in [9.17, 15) is 14.7 Å². The van der Waals surface area contributed by atoms with Crippen molar-refractivity contribution in [3.63, 3.8) is 0 Å². The Labute approximate surface area is 178 Å². The van der Waals surface area contributed by atoms with E-state index in [0.29, 0.717) is 28.0 Å². The fraction of sp³-hybridized carbons (Fsp3) is 0.208. The van der Waals surface area contributed by atoms with Crippen molar-refractivity contribution in [3.8, 4) is 11.3 Å². The number of para-hydroxylation sites is 1. The standard InChI is InChI=1S/C24H23N3O4/c1-13-9-18(15(3)26-20-8-6-5-7-17(20)24(29)30)23-19(10-13)21(28)14(2)22(31-23)16-11-25-27(4)12-16/h5-12,15,26H,1-4H3,(H,29,30). The molecule has 31 heavy (non-hydrogen) atoms. The first-order valence-electron chi connectivity index (χ1n) is 9.92. The predicted molar refractivity (Wildman–Crippen MR) is 120 cm³/mol. The molecule has 7 nitrogen and oxygen atoms in total. The summed E-state index contributed by atoms with van der Waals surface area (Å²) in [4.78, 5) is 24.8. The summed E-state index contributed by atoms with van der Waals surface area (Å²) in [6, 6.07) is 10.2. The van der Waals surface area contributed by atoms with E-state index in [2.05, 4.69) is 10.4 Å². The molecule has 0 saturated heterocycles. The zero-order valence-corrected chi connectivity index (χ0v) is 17.8. The number of nitrogens with zero attached hydrogens (tertiary/aromatic N) is 2. The summed E-state index contributed by atoms with van der Waals surface area (Å²) >= 11 is 0. The molecule has 2 heterocycles. The number of carbonyl (C=O) groups is 1. The Hall–Kier alpha value is -3.87. The van der Waals surface area contributed by atoms with Gasteiger partial charge in [-0.3, -0.25) is 9.48 Å². The van der Waals surface area contributed by atoms with Gasteiger partial charge in [0.15, 0.2) is 5.43 Å². The number of hydrogen-bond donors (Lipinski definition) is 2. The summed E-state index contributed by atoms with van der Waals surface area (Å²) in [5.74, 6) is -0.528. The molecule has 0 aliphatic rings. The smallest absolute Gasteiger partial charge is 0.337 e. The summed E-state index contributed by atoms with van der Waals surface area (Å²) in [6.45, 7) is 5.58. The molecule has 0 saturated carbocycles.